The smallest absolute Gasteiger partial charge is 0.148 e. The Kier molecular flexibility index (Phi) is 14.3. The number of imidazole rings is 1. The van der Waals surface area contributed by atoms with Crippen LogP contribution in [0.1, 0.15) is 118 Å². The first-order valence-corrected chi connectivity index (χ1v) is 24.2. The molecule has 0 aliphatic rings. The Balaban J connectivity index is 0.00000722. The molecule has 0 saturated carbocycles. The van der Waals surface area contributed by atoms with Gasteiger partial charge < -0.3 is 10.0 Å². The Labute approximate surface area is 432 Å². The average molecular weight is 1110 g/mol. The number of para-hydroxylation sites is 2. The summed E-state index contributed by atoms with van der Waals surface area (Å²) in [5.41, 5.74) is 16.9. The van der Waals surface area contributed by atoms with Gasteiger partial charge in [0.05, 0.1) is 22.3 Å². The SMILES string of the molecule is C=C/C(=C(\C)N(C)c1ccccc1)c1ccnc(-c2[c-]c(-c3cccc4c3nc(-c3cc(C(C)(C)C)cc(C(C)(C)C)c3O)n4-c3cc(C(C)(C)C)ccc3-c3ccccc3)cc(C(C)(C)C)c2)c1.[Pt]. The third-order valence-electron chi connectivity index (χ3n) is 13.5. The number of phenols is 1. The van der Waals surface area contributed by atoms with Gasteiger partial charge in [-0.05, 0) is 92.8 Å². The monoisotopic (exact) mass is 1100 g/mol. The Morgan fingerprint density at radius 3 is 1.86 bits per heavy atom. The van der Waals surface area contributed by atoms with Gasteiger partial charge in [-0.15, -0.1) is 29.3 Å². The summed E-state index contributed by atoms with van der Waals surface area (Å²) in [6, 6.07) is 51.2. The molecule has 0 aliphatic carbocycles. The summed E-state index contributed by atoms with van der Waals surface area (Å²) >= 11 is 0. The second-order valence-corrected chi connectivity index (χ2v) is 22.7. The maximum atomic E-state index is 12.6. The van der Waals surface area contributed by atoms with Gasteiger partial charge in [-0.2, -0.15) is 0 Å². The second-order valence-electron chi connectivity index (χ2n) is 22.7. The van der Waals surface area contributed by atoms with Crippen molar-refractivity contribution in [1.82, 2.24) is 14.5 Å². The zero-order valence-corrected chi connectivity index (χ0v) is 45.9. The minimum absolute atomic E-state index is 0. The fraction of sp³-hybridized carbons (Fsp3) is 0.281. The van der Waals surface area contributed by atoms with Crippen molar-refractivity contribution in [3.8, 4) is 56.3 Å². The van der Waals surface area contributed by atoms with Gasteiger partial charge in [0.2, 0.25) is 0 Å². The summed E-state index contributed by atoms with van der Waals surface area (Å²) < 4.78 is 2.29. The van der Waals surface area contributed by atoms with Crippen LogP contribution in [0.5, 0.6) is 5.75 Å². The predicted octanol–water partition coefficient (Wildman–Crippen LogP) is 16.8. The number of hydrogen-bond donors (Lipinski definition) is 1. The maximum absolute atomic E-state index is 12.6. The Hall–Kier alpha value is -6.29. The van der Waals surface area contributed by atoms with Crippen molar-refractivity contribution < 1.29 is 26.2 Å². The Morgan fingerprint density at radius 2 is 1.24 bits per heavy atom. The molecule has 362 valence electrons. The number of hydrogen-bond acceptors (Lipinski definition) is 4. The van der Waals surface area contributed by atoms with Gasteiger partial charge in [-0.1, -0.05) is 192 Å². The number of rotatable bonds is 9. The van der Waals surface area contributed by atoms with Gasteiger partial charge in [0.25, 0.3) is 0 Å². The van der Waals surface area contributed by atoms with E-state index >= 15 is 0 Å². The average Bonchev–Trinajstić information content (AvgIpc) is 3.70. The zero-order chi connectivity index (χ0) is 49.8. The molecule has 0 unspecified atom stereocenters. The van der Waals surface area contributed by atoms with Crippen LogP contribution >= 0.6 is 0 Å². The number of aromatic hydroxyl groups is 1. The normalized spacial score (nSPS) is 12.7. The fourth-order valence-electron chi connectivity index (χ4n) is 9.13. The van der Waals surface area contributed by atoms with E-state index in [4.69, 9.17) is 9.97 Å². The molecule has 6 heteroatoms. The van der Waals surface area contributed by atoms with Crippen molar-refractivity contribution >= 4 is 22.3 Å². The minimum Gasteiger partial charge on any atom is -0.507 e. The molecule has 0 atom stereocenters. The van der Waals surface area contributed by atoms with Gasteiger partial charge in [-0.25, -0.2) is 4.98 Å². The van der Waals surface area contributed by atoms with Crippen molar-refractivity contribution in [3.05, 3.63) is 192 Å². The van der Waals surface area contributed by atoms with Crippen molar-refractivity contribution in [3.63, 3.8) is 0 Å². The molecule has 0 bridgehead atoms. The van der Waals surface area contributed by atoms with E-state index in [0.717, 1.165) is 89.4 Å². The van der Waals surface area contributed by atoms with Gasteiger partial charge in [0, 0.05) is 62.5 Å². The minimum atomic E-state index is -0.341. The van der Waals surface area contributed by atoms with Crippen LogP contribution in [-0.2, 0) is 42.7 Å². The molecule has 0 aliphatic heterocycles. The molecule has 0 amide bonds. The standard InChI is InChI=1S/C64H69N4O.Pt/c1-16-50(41(2)67(15)49-26-21-18-22-27-49)43-32-33-65-55(37-43)45-34-44(35-47(36-45)62(6,7)8)52-28-23-29-56-58(52)66-60(53-38-48(63(9,10)11)39-54(59(53)69)64(12,13)14)68(56)57-40-46(61(3,4)5)30-31-51(57)42-24-19-17-20-25-42;/h16-33,35-40,69H,1H2,2-15H3;/q-1;/b50-41-;. The third kappa shape index (κ3) is 10.3. The van der Waals surface area contributed by atoms with E-state index in [0.29, 0.717) is 11.4 Å². The first-order valence-electron chi connectivity index (χ1n) is 24.2. The van der Waals surface area contributed by atoms with Gasteiger partial charge in [-0.3, -0.25) is 9.55 Å². The third-order valence-corrected chi connectivity index (χ3v) is 13.5. The number of nitrogens with zero attached hydrogens (tertiary/aromatic N) is 4. The zero-order valence-electron chi connectivity index (χ0n) is 43.6. The van der Waals surface area contributed by atoms with E-state index in [9.17, 15) is 5.11 Å². The van der Waals surface area contributed by atoms with Crippen molar-refractivity contribution in [2.45, 2.75) is 112 Å². The second kappa shape index (κ2) is 19.5. The van der Waals surface area contributed by atoms with E-state index in [2.05, 4.69) is 247 Å². The number of pyridine rings is 1. The summed E-state index contributed by atoms with van der Waals surface area (Å²) in [7, 11) is 2.09. The molecule has 8 aromatic rings. The summed E-state index contributed by atoms with van der Waals surface area (Å²) in [4.78, 5) is 12.9. The van der Waals surface area contributed by atoms with Crippen LogP contribution in [0.25, 0.3) is 67.2 Å². The summed E-state index contributed by atoms with van der Waals surface area (Å²) in [5, 5.41) is 12.6. The van der Waals surface area contributed by atoms with Crippen molar-refractivity contribution in [1.29, 1.82) is 0 Å². The fourth-order valence-corrected chi connectivity index (χ4v) is 9.13. The molecule has 1 N–H and O–H groups in total. The van der Waals surface area contributed by atoms with Crippen LogP contribution in [0.3, 0.4) is 0 Å². The summed E-state index contributed by atoms with van der Waals surface area (Å²) in [6.45, 7) is 33.1. The summed E-state index contributed by atoms with van der Waals surface area (Å²) in [6.07, 6.45) is 3.82. The maximum Gasteiger partial charge on any atom is 0.148 e. The molecule has 0 fully saturated rings. The largest absolute Gasteiger partial charge is 0.507 e. The Bertz CT molecular complexity index is 3240. The molecule has 5 nitrogen and oxygen atoms in total. The van der Waals surface area contributed by atoms with Crippen molar-refractivity contribution in [2.24, 2.45) is 0 Å². The van der Waals surface area contributed by atoms with Gasteiger partial charge >= 0.3 is 0 Å². The Morgan fingerprint density at radius 1 is 0.629 bits per heavy atom. The van der Waals surface area contributed by atoms with E-state index < -0.39 is 0 Å². The topological polar surface area (TPSA) is 54.2 Å². The van der Waals surface area contributed by atoms with Gasteiger partial charge in [0.15, 0.2) is 0 Å². The van der Waals surface area contributed by atoms with E-state index in [1.54, 1.807) is 0 Å². The quantitative estimate of drug-likeness (QED) is 0.116. The molecule has 0 radical (unpaired) electrons. The van der Waals surface area contributed by atoms with Crippen LogP contribution in [0.15, 0.2) is 158 Å². The molecular weight excluding hydrogens is 1040 g/mol. The summed E-state index contributed by atoms with van der Waals surface area (Å²) in [5.74, 6) is 0.922. The predicted molar refractivity (Wildman–Crippen MR) is 294 cm³/mol. The van der Waals surface area contributed by atoms with Crippen LogP contribution in [0, 0.1) is 6.07 Å². The number of aromatic nitrogens is 3. The van der Waals surface area contributed by atoms with Crippen LogP contribution in [-0.4, -0.2) is 26.7 Å². The van der Waals surface area contributed by atoms with E-state index in [-0.39, 0.29) is 48.5 Å². The number of allylic oxidation sites excluding steroid dienone is 3. The van der Waals surface area contributed by atoms with Crippen LogP contribution in [0.2, 0.25) is 0 Å². The van der Waals surface area contributed by atoms with Crippen LogP contribution < -0.4 is 4.90 Å². The van der Waals surface area contributed by atoms with Crippen molar-refractivity contribution in [2.75, 3.05) is 11.9 Å². The number of benzene rings is 6. The molecule has 6 aromatic carbocycles. The van der Waals surface area contributed by atoms with Gasteiger partial charge in [0.1, 0.15) is 11.6 Å². The molecule has 70 heavy (non-hydrogen) atoms. The van der Waals surface area contributed by atoms with Crippen LogP contribution in [0.4, 0.5) is 5.69 Å². The number of anilines is 1. The molecule has 2 heterocycles. The molecule has 2 aromatic heterocycles. The molecule has 0 saturated heterocycles. The molecule has 0 spiro atoms. The van der Waals surface area contributed by atoms with E-state index in [1.807, 2.05) is 18.3 Å². The first kappa shape index (κ1) is 51.6. The molecular formula is C64H69N4OPt-. The first-order chi connectivity index (χ1) is 32.4. The number of phenolic OH excluding ortho intramolecular Hbond substituents is 1. The number of fused-ring (bicyclic) bond motifs is 1. The van der Waals surface area contributed by atoms with E-state index in [1.165, 1.54) is 5.56 Å². The molecule has 8 rings (SSSR count).